The molecule has 0 radical (unpaired) electrons. The predicted molar refractivity (Wildman–Crippen MR) is 74.0 cm³/mol. The summed E-state index contributed by atoms with van der Waals surface area (Å²) in [5.41, 5.74) is 9.73. The van der Waals surface area contributed by atoms with Gasteiger partial charge in [0.15, 0.2) is 0 Å². The first-order valence-corrected chi connectivity index (χ1v) is 6.68. The molecule has 1 aliphatic rings. The number of nitrogen functional groups attached to an aromatic ring is 1. The topological polar surface area (TPSA) is 88.3 Å². The number of nitrogens with two attached hydrogens (primary N) is 1. The van der Waals surface area contributed by atoms with Gasteiger partial charge in [-0.25, -0.2) is 4.98 Å². The molecule has 1 unspecified atom stereocenters. The molecule has 0 aliphatic carbocycles. The number of aromatic nitrogens is 1. The number of carbonyl (C=O) groups excluding carboxylic acids is 2. The van der Waals surface area contributed by atoms with Crippen molar-refractivity contribution in [2.45, 2.75) is 13.0 Å². The molecule has 2 aromatic rings. The Labute approximate surface area is 113 Å². The zero-order chi connectivity index (χ0) is 13.6. The van der Waals surface area contributed by atoms with Gasteiger partial charge in [-0.2, -0.15) is 0 Å². The van der Waals surface area contributed by atoms with E-state index < -0.39 is 6.04 Å². The highest BCUT2D eigenvalue weighted by atomic mass is 32.1. The molecular weight excluding hydrogens is 264 g/mol. The summed E-state index contributed by atoms with van der Waals surface area (Å²) < 4.78 is 0.988. The van der Waals surface area contributed by atoms with Gasteiger partial charge in [-0.15, -0.1) is 11.3 Å². The smallest absolute Gasteiger partial charge is 0.249 e. The second-order valence-corrected chi connectivity index (χ2v) is 5.30. The molecule has 3 N–H and O–H groups in total. The van der Waals surface area contributed by atoms with Crippen molar-refractivity contribution < 1.29 is 9.59 Å². The van der Waals surface area contributed by atoms with Crippen LogP contribution in [0.5, 0.6) is 0 Å². The lowest BCUT2D eigenvalue weighted by Gasteiger charge is -2.34. The molecule has 1 aromatic heterocycles. The van der Waals surface area contributed by atoms with E-state index in [0.29, 0.717) is 16.9 Å². The molecular formula is C12H12N4O2S. The number of benzene rings is 1. The van der Waals surface area contributed by atoms with E-state index in [1.165, 1.54) is 11.3 Å². The van der Waals surface area contributed by atoms with Crippen LogP contribution in [-0.4, -0.2) is 29.4 Å². The van der Waals surface area contributed by atoms with Crippen LogP contribution in [0.1, 0.15) is 6.92 Å². The van der Waals surface area contributed by atoms with Gasteiger partial charge in [0.1, 0.15) is 11.6 Å². The van der Waals surface area contributed by atoms with E-state index in [0.717, 1.165) is 4.70 Å². The Balaban J connectivity index is 2.10. The maximum Gasteiger partial charge on any atom is 0.249 e. The van der Waals surface area contributed by atoms with Crippen molar-refractivity contribution in [1.82, 2.24) is 10.3 Å². The lowest BCUT2D eigenvalue weighted by molar-refractivity contribution is -0.132. The van der Waals surface area contributed by atoms with Gasteiger partial charge in [0.25, 0.3) is 0 Å². The summed E-state index contributed by atoms with van der Waals surface area (Å²) >= 11 is 1.50. The number of imide groups is 1. The molecule has 98 valence electrons. The summed E-state index contributed by atoms with van der Waals surface area (Å²) in [6.45, 7) is 1.86. The Kier molecular flexibility index (Phi) is 2.63. The number of piperazine rings is 1. The molecule has 2 amide bonds. The molecule has 6 nitrogen and oxygen atoms in total. The highest BCUT2D eigenvalue weighted by Gasteiger charge is 2.31. The number of hydrogen-bond donors (Lipinski definition) is 2. The van der Waals surface area contributed by atoms with Gasteiger partial charge in [0.05, 0.1) is 28.1 Å². The first kappa shape index (κ1) is 11.9. The minimum atomic E-state index is -0.434. The van der Waals surface area contributed by atoms with Crippen molar-refractivity contribution in [3.63, 3.8) is 0 Å². The third-order valence-corrected chi connectivity index (χ3v) is 4.05. The summed E-state index contributed by atoms with van der Waals surface area (Å²) in [4.78, 5) is 29.1. The van der Waals surface area contributed by atoms with E-state index in [2.05, 4.69) is 10.3 Å². The maximum atomic E-state index is 11.7. The normalized spacial score (nSPS) is 19.8. The Morgan fingerprint density at radius 1 is 1.47 bits per heavy atom. The zero-order valence-electron chi connectivity index (χ0n) is 10.2. The third kappa shape index (κ3) is 1.82. The van der Waals surface area contributed by atoms with Crippen LogP contribution in [0.15, 0.2) is 17.6 Å². The highest BCUT2D eigenvalue weighted by Crippen LogP contribution is 2.33. The molecule has 2 heterocycles. The third-order valence-electron chi connectivity index (χ3n) is 3.25. The van der Waals surface area contributed by atoms with Crippen molar-refractivity contribution in [1.29, 1.82) is 0 Å². The number of nitrogens with one attached hydrogen (secondary N) is 1. The Hall–Kier alpha value is -2.15. The number of anilines is 2. The predicted octanol–water partition coefficient (Wildman–Crippen LogP) is 0.730. The summed E-state index contributed by atoms with van der Waals surface area (Å²) in [5, 5.41) is 2.31. The molecule has 3 rings (SSSR count). The summed E-state index contributed by atoms with van der Waals surface area (Å²) in [7, 11) is 0. The lowest BCUT2D eigenvalue weighted by Crippen LogP contribution is -2.57. The Morgan fingerprint density at radius 3 is 3.05 bits per heavy atom. The van der Waals surface area contributed by atoms with Crippen molar-refractivity contribution in [2.75, 3.05) is 17.2 Å². The van der Waals surface area contributed by atoms with Gasteiger partial charge in [0.2, 0.25) is 11.8 Å². The molecule has 1 aromatic carbocycles. The molecule has 7 heteroatoms. The van der Waals surface area contributed by atoms with Crippen LogP contribution in [-0.2, 0) is 9.59 Å². The Bertz CT molecular complexity index is 681. The quantitative estimate of drug-likeness (QED) is 0.592. The van der Waals surface area contributed by atoms with Gasteiger partial charge in [-0.3, -0.25) is 14.9 Å². The number of thiazole rings is 1. The second-order valence-electron chi connectivity index (χ2n) is 4.41. The summed E-state index contributed by atoms with van der Waals surface area (Å²) in [6.07, 6.45) is 0. The van der Waals surface area contributed by atoms with Gasteiger partial charge in [-0.05, 0) is 19.1 Å². The number of carbonyl (C=O) groups is 2. The van der Waals surface area contributed by atoms with E-state index in [-0.39, 0.29) is 18.4 Å². The molecule has 1 aliphatic heterocycles. The molecule has 19 heavy (non-hydrogen) atoms. The molecule has 0 saturated carbocycles. The zero-order valence-corrected chi connectivity index (χ0v) is 11.0. The number of nitrogens with zero attached hydrogens (tertiary/aromatic N) is 2. The second kappa shape index (κ2) is 4.20. The monoisotopic (exact) mass is 276 g/mol. The van der Waals surface area contributed by atoms with Gasteiger partial charge >= 0.3 is 0 Å². The van der Waals surface area contributed by atoms with Crippen molar-refractivity contribution in [3.05, 3.63) is 17.6 Å². The number of hydrogen-bond acceptors (Lipinski definition) is 6. The van der Waals surface area contributed by atoms with Gasteiger partial charge in [-0.1, -0.05) is 0 Å². The minimum Gasteiger partial charge on any atom is -0.395 e. The summed E-state index contributed by atoms with van der Waals surface area (Å²) in [5.74, 6) is -0.630. The largest absolute Gasteiger partial charge is 0.395 e. The standard InChI is InChI=1S/C12H12N4O2S/c1-6-12(18)15-9(17)4-16(6)7-2-3-8-11(10(7)13)14-5-19-8/h2-3,5-6H,4,13H2,1H3,(H,15,17,18). The lowest BCUT2D eigenvalue weighted by atomic mass is 10.1. The van der Waals surface area contributed by atoms with Gasteiger partial charge < -0.3 is 10.6 Å². The maximum absolute atomic E-state index is 11.7. The number of rotatable bonds is 1. The fourth-order valence-electron chi connectivity index (χ4n) is 2.20. The van der Waals surface area contributed by atoms with Crippen LogP contribution in [0, 0.1) is 0 Å². The first-order valence-electron chi connectivity index (χ1n) is 5.80. The minimum absolute atomic E-state index is 0.118. The number of amides is 2. The molecule has 1 fully saturated rings. The molecule has 0 spiro atoms. The fraction of sp³-hybridized carbons (Fsp3) is 0.250. The van der Waals surface area contributed by atoms with E-state index >= 15 is 0 Å². The fourth-order valence-corrected chi connectivity index (χ4v) is 2.89. The summed E-state index contributed by atoms with van der Waals surface area (Å²) in [6, 6.07) is 3.30. The van der Waals surface area contributed by atoms with Crippen molar-refractivity contribution in [3.8, 4) is 0 Å². The van der Waals surface area contributed by atoms with Crippen LogP contribution in [0.3, 0.4) is 0 Å². The van der Waals surface area contributed by atoms with Crippen LogP contribution in [0.2, 0.25) is 0 Å². The van der Waals surface area contributed by atoms with Crippen molar-refractivity contribution in [2.24, 2.45) is 0 Å². The molecule has 1 atom stereocenters. The van der Waals surface area contributed by atoms with Gasteiger partial charge in [0, 0.05) is 0 Å². The van der Waals surface area contributed by atoms with E-state index in [9.17, 15) is 9.59 Å². The van der Waals surface area contributed by atoms with Crippen LogP contribution < -0.4 is 16.0 Å². The van der Waals surface area contributed by atoms with Crippen LogP contribution >= 0.6 is 11.3 Å². The van der Waals surface area contributed by atoms with Crippen molar-refractivity contribution >= 4 is 44.7 Å². The number of fused-ring (bicyclic) bond motifs is 1. The molecule has 1 saturated heterocycles. The highest BCUT2D eigenvalue weighted by molar-refractivity contribution is 7.16. The van der Waals surface area contributed by atoms with E-state index in [1.54, 1.807) is 17.3 Å². The van der Waals surface area contributed by atoms with Crippen LogP contribution in [0.25, 0.3) is 10.2 Å². The molecule has 0 bridgehead atoms. The van der Waals surface area contributed by atoms with E-state index in [4.69, 9.17) is 5.73 Å². The average Bonchev–Trinajstić information content (AvgIpc) is 2.84. The van der Waals surface area contributed by atoms with Crippen LogP contribution in [0.4, 0.5) is 11.4 Å². The average molecular weight is 276 g/mol. The first-order chi connectivity index (χ1) is 9.08. The van der Waals surface area contributed by atoms with E-state index in [1.807, 2.05) is 12.1 Å². The Morgan fingerprint density at radius 2 is 2.26 bits per heavy atom. The SMILES string of the molecule is CC1C(=O)NC(=O)CN1c1ccc2scnc2c1N.